The van der Waals surface area contributed by atoms with Gasteiger partial charge in [0.15, 0.2) is 0 Å². The first-order valence-corrected chi connectivity index (χ1v) is 8.48. The van der Waals surface area contributed by atoms with Crippen LogP contribution in [0.2, 0.25) is 0 Å². The molecule has 0 amide bonds. The molecule has 0 aromatic heterocycles. The lowest BCUT2D eigenvalue weighted by atomic mass is 9.97. The summed E-state index contributed by atoms with van der Waals surface area (Å²) in [6.07, 6.45) is 1.23. The van der Waals surface area contributed by atoms with E-state index in [-0.39, 0.29) is 12.1 Å². The van der Waals surface area contributed by atoms with Gasteiger partial charge in [-0.15, -0.1) is 0 Å². The Morgan fingerprint density at radius 3 is 2.70 bits per heavy atom. The topological polar surface area (TPSA) is 53.0 Å². The van der Waals surface area contributed by atoms with Gasteiger partial charge in [-0.1, -0.05) is 30.3 Å². The summed E-state index contributed by atoms with van der Waals surface area (Å²) >= 11 is 0. The van der Waals surface area contributed by atoms with E-state index in [4.69, 9.17) is 4.74 Å². The Kier molecular flexibility index (Phi) is 4.99. The van der Waals surface area contributed by atoms with E-state index in [2.05, 4.69) is 28.9 Å². The SMILES string of the molecule is CCO[C@@H]1C[C@H]2C(C)N(Cc3ccccc3)[C@H](C(=O)O)CN2C1. The average Bonchev–Trinajstić information content (AvgIpc) is 2.94. The van der Waals surface area contributed by atoms with Crippen molar-refractivity contribution in [3.8, 4) is 0 Å². The third-order valence-corrected chi connectivity index (χ3v) is 5.19. The van der Waals surface area contributed by atoms with Crippen molar-refractivity contribution in [2.75, 3.05) is 19.7 Å². The van der Waals surface area contributed by atoms with Gasteiger partial charge in [-0.05, 0) is 25.8 Å². The van der Waals surface area contributed by atoms with Crippen molar-refractivity contribution in [3.05, 3.63) is 35.9 Å². The molecule has 2 fully saturated rings. The summed E-state index contributed by atoms with van der Waals surface area (Å²) in [5, 5.41) is 9.69. The van der Waals surface area contributed by atoms with E-state index in [0.717, 1.165) is 19.6 Å². The molecule has 1 N–H and O–H groups in total. The van der Waals surface area contributed by atoms with Gasteiger partial charge in [-0.3, -0.25) is 14.6 Å². The van der Waals surface area contributed by atoms with E-state index < -0.39 is 12.0 Å². The molecular weight excluding hydrogens is 292 g/mol. The second-order valence-electron chi connectivity index (χ2n) is 6.59. The summed E-state index contributed by atoms with van der Waals surface area (Å²) in [5.74, 6) is -0.730. The summed E-state index contributed by atoms with van der Waals surface area (Å²) in [7, 11) is 0. The summed E-state index contributed by atoms with van der Waals surface area (Å²) in [5.41, 5.74) is 1.17. The summed E-state index contributed by atoms with van der Waals surface area (Å²) < 4.78 is 5.78. The van der Waals surface area contributed by atoms with Crippen molar-refractivity contribution in [2.24, 2.45) is 0 Å². The number of carbonyl (C=O) groups is 1. The largest absolute Gasteiger partial charge is 0.480 e. The van der Waals surface area contributed by atoms with Gasteiger partial charge in [0.2, 0.25) is 0 Å². The highest BCUT2D eigenvalue weighted by Crippen LogP contribution is 2.32. The zero-order chi connectivity index (χ0) is 16.4. The molecule has 4 atom stereocenters. The van der Waals surface area contributed by atoms with Crippen LogP contribution in [0, 0.1) is 0 Å². The van der Waals surface area contributed by atoms with Crippen molar-refractivity contribution in [1.82, 2.24) is 9.80 Å². The van der Waals surface area contributed by atoms with E-state index in [9.17, 15) is 9.90 Å². The third kappa shape index (κ3) is 3.42. The number of fused-ring (bicyclic) bond motifs is 1. The molecule has 0 saturated carbocycles. The lowest BCUT2D eigenvalue weighted by Gasteiger charge is -2.46. The zero-order valence-corrected chi connectivity index (χ0v) is 13.9. The summed E-state index contributed by atoms with van der Waals surface area (Å²) in [4.78, 5) is 16.3. The number of carboxylic acids is 1. The Hall–Kier alpha value is -1.43. The molecule has 1 aromatic carbocycles. The van der Waals surface area contributed by atoms with Crippen LogP contribution in [0.5, 0.6) is 0 Å². The van der Waals surface area contributed by atoms with Crippen LogP contribution >= 0.6 is 0 Å². The van der Waals surface area contributed by atoms with E-state index in [1.165, 1.54) is 5.56 Å². The predicted octanol–water partition coefficient (Wildman–Crippen LogP) is 1.82. The van der Waals surface area contributed by atoms with Crippen molar-refractivity contribution < 1.29 is 14.6 Å². The van der Waals surface area contributed by atoms with Crippen LogP contribution in [0.3, 0.4) is 0 Å². The number of hydrogen-bond donors (Lipinski definition) is 1. The van der Waals surface area contributed by atoms with Crippen LogP contribution in [-0.4, -0.2) is 64.8 Å². The number of rotatable bonds is 5. The van der Waals surface area contributed by atoms with Gasteiger partial charge in [0.1, 0.15) is 6.04 Å². The Balaban J connectivity index is 1.78. The van der Waals surface area contributed by atoms with Gasteiger partial charge in [-0.25, -0.2) is 0 Å². The van der Waals surface area contributed by atoms with Crippen LogP contribution in [0.25, 0.3) is 0 Å². The quantitative estimate of drug-likeness (QED) is 0.897. The molecule has 1 aromatic rings. The molecule has 23 heavy (non-hydrogen) atoms. The van der Waals surface area contributed by atoms with Crippen molar-refractivity contribution in [3.63, 3.8) is 0 Å². The van der Waals surface area contributed by atoms with Crippen LogP contribution in [0.15, 0.2) is 30.3 Å². The maximum Gasteiger partial charge on any atom is 0.322 e. The second-order valence-corrected chi connectivity index (χ2v) is 6.59. The number of nitrogens with zero attached hydrogens (tertiary/aromatic N) is 2. The van der Waals surface area contributed by atoms with E-state index in [1.807, 2.05) is 25.1 Å². The fourth-order valence-corrected chi connectivity index (χ4v) is 4.06. The van der Waals surface area contributed by atoms with Crippen LogP contribution < -0.4 is 0 Å². The number of carboxylic acid groups (broad SMARTS) is 1. The Morgan fingerprint density at radius 2 is 2.04 bits per heavy atom. The second kappa shape index (κ2) is 6.99. The summed E-state index contributed by atoms with van der Waals surface area (Å²) in [6.45, 7) is 7.01. The van der Waals surface area contributed by atoms with Crippen LogP contribution in [0.1, 0.15) is 25.8 Å². The number of benzene rings is 1. The number of aliphatic carboxylic acids is 1. The smallest absolute Gasteiger partial charge is 0.322 e. The van der Waals surface area contributed by atoms with Gasteiger partial charge in [0.05, 0.1) is 6.10 Å². The first-order valence-electron chi connectivity index (χ1n) is 8.48. The maximum absolute atomic E-state index is 11.8. The standard InChI is InChI=1S/C18H26N2O3/c1-3-23-15-9-16-13(2)20(10-14-7-5-4-6-8-14)17(18(21)22)12-19(16)11-15/h4-8,13,15-17H,3,9-12H2,1-2H3,(H,21,22)/t13?,15-,16+,17+/m1/s1. The Bertz CT molecular complexity index is 536. The van der Waals surface area contributed by atoms with Gasteiger partial charge in [-0.2, -0.15) is 0 Å². The molecule has 126 valence electrons. The molecule has 0 spiro atoms. The molecule has 1 unspecified atom stereocenters. The maximum atomic E-state index is 11.8. The lowest BCUT2D eigenvalue weighted by Crippen LogP contribution is -2.62. The van der Waals surface area contributed by atoms with Gasteiger partial charge in [0, 0.05) is 38.3 Å². The molecule has 0 radical (unpaired) electrons. The van der Waals surface area contributed by atoms with Crippen LogP contribution in [0.4, 0.5) is 0 Å². The van der Waals surface area contributed by atoms with E-state index in [0.29, 0.717) is 19.1 Å². The first kappa shape index (κ1) is 16.4. The first-order chi connectivity index (χ1) is 11.1. The fourth-order valence-electron chi connectivity index (χ4n) is 4.06. The van der Waals surface area contributed by atoms with Crippen molar-refractivity contribution in [2.45, 2.75) is 51.0 Å². The van der Waals surface area contributed by atoms with Gasteiger partial charge < -0.3 is 9.84 Å². The highest BCUT2D eigenvalue weighted by atomic mass is 16.5. The number of hydrogen-bond acceptors (Lipinski definition) is 4. The molecule has 5 heteroatoms. The molecule has 3 rings (SSSR count). The van der Waals surface area contributed by atoms with Gasteiger partial charge in [0.25, 0.3) is 0 Å². The number of ether oxygens (including phenoxy) is 1. The monoisotopic (exact) mass is 318 g/mol. The highest BCUT2D eigenvalue weighted by Gasteiger charge is 2.46. The minimum Gasteiger partial charge on any atom is -0.480 e. The third-order valence-electron chi connectivity index (χ3n) is 5.19. The Labute approximate surface area is 137 Å². The Morgan fingerprint density at radius 1 is 1.30 bits per heavy atom. The highest BCUT2D eigenvalue weighted by molar-refractivity contribution is 5.74. The molecule has 2 heterocycles. The average molecular weight is 318 g/mol. The molecule has 0 aliphatic carbocycles. The minimum absolute atomic E-state index is 0.204. The van der Waals surface area contributed by atoms with Crippen molar-refractivity contribution in [1.29, 1.82) is 0 Å². The zero-order valence-electron chi connectivity index (χ0n) is 13.9. The number of piperazine rings is 1. The van der Waals surface area contributed by atoms with Crippen LogP contribution in [-0.2, 0) is 16.1 Å². The molecule has 2 aliphatic heterocycles. The lowest BCUT2D eigenvalue weighted by molar-refractivity contribution is -0.149. The predicted molar refractivity (Wildman–Crippen MR) is 88.3 cm³/mol. The van der Waals surface area contributed by atoms with E-state index in [1.54, 1.807) is 0 Å². The molecular formula is C18H26N2O3. The molecule has 2 aliphatic rings. The molecule has 2 saturated heterocycles. The van der Waals surface area contributed by atoms with Gasteiger partial charge >= 0.3 is 5.97 Å². The van der Waals surface area contributed by atoms with Crippen molar-refractivity contribution >= 4 is 5.97 Å². The van der Waals surface area contributed by atoms with E-state index >= 15 is 0 Å². The summed E-state index contributed by atoms with van der Waals surface area (Å²) in [6, 6.07) is 10.3. The fraction of sp³-hybridized carbons (Fsp3) is 0.611. The normalized spacial score (nSPS) is 31.9. The minimum atomic E-state index is -0.730. The molecule has 0 bridgehead atoms. The molecule has 5 nitrogen and oxygen atoms in total.